The van der Waals surface area contributed by atoms with Crippen LogP contribution in [0.15, 0.2) is 334 Å². The molecule has 18 rings (SSSR count). The number of fused-ring (bicyclic) bond motifs is 15. The van der Waals surface area contributed by atoms with E-state index in [4.69, 9.17) is 0 Å². The van der Waals surface area contributed by atoms with E-state index in [9.17, 15) is 0 Å². The zero-order chi connectivity index (χ0) is 57.9. The van der Waals surface area contributed by atoms with Gasteiger partial charge < -0.3 is 14.0 Å². The summed E-state index contributed by atoms with van der Waals surface area (Å²) in [5.41, 5.74) is 22.0. The van der Waals surface area contributed by atoms with Gasteiger partial charge in [-0.2, -0.15) is 0 Å². The van der Waals surface area contributed by atoms with E-state index in [1.54, 1.807) is 0 Å². The van der Waals surface area contributed by atoms with Crippen molar-refractivity contribution in [2.24, 2.45) is 0 Å². The van der Waals surface area contributed by atoms with Gasteiger partial charge in [0.15, 0.2) is 0 Å². The summed E-state index contributed by atoms with van der Waals surface area (Å²) in [4.78, 5) is 2.42. The third-order valence-corrected chi connectivity index (χ3v) is 18.9. The Balaban J connectivity index is 0.806. The van der Waals surface area contributed by atoms with Crippen molar-refractivity contribution < 1.29 is 0 Å². The largest absolute Gasteiger partial charge is 0.310 e. The van der Waals surface area contributed by atoms with Gasteiger partial charge in [-0.05, 0) is 185 Å². The molecule has 1 aliphatic carbocycles. The molecular formula is C85H55N3. The smallest absolute Gasteiger partial charge is 0.0714 e. The number of nitrogens with zero attached hydrogens (tertiary/aromatic N) is 3. The molecule has 0 spiro atoms. The van der Waals surface area contributed by atoms with Gasteiger partial charge in [0.1, 0.15) is 0 Å². The maximum atomic E-state index is 2.49. The van der Waals surface area contributed by atoms with Gasteiger partial charge in [0, 0.05) is 50.0 Å². The van der Waals surface area contributed by atoms with Crippen molar-refractivity contribution in [1.82, 2.24) is 9.13 Å². The molecule has 0 unspecified atom stereocenters. The second kappa shape index (κ2) is 19.8. The molecule has 1 aliphatic rings. The molecule has 0 radical (unpaired) electrons. The van der Waals surface area contributed by atoms with E-state index in [1.165, 1.54) is 109 Å². The first kappa shape index (κ1) is 49.9. The fraction of sp³-hybridized carbons (Fsp3) is 0.0118. The minimum Gasteiger partial charge on any atom is -0.310 e. The Bertz CT molecular complexity index is 5530. The first-order valence-electron chi connectivity index (χ1n) is 30.5. The van der Waals surface area contributed by atoms with Crippen molar-refractivity contribution in [3.05, 3.63) is 356 Å². The normalized spacial score (nSPS) is 12.6. The van der Waals surface area contributed by atoms with E-state index in [-0.39, 0.29) is 0 Å². The molecule has 2 heterocycles. The predicted octanol–water partition coefficient (Wildman–Crippen LogP) is 22.5. The van der Waals surface area contributed by atoms with Crippen molar-refractivity contribution in [1.29, 1.82) is 0 Å². The summed E-state index contributed by atoms with van der Waals surface area (Å²) in [5, 5.41) is 12.4. The molecule has 0 saturated heterocycles. The van der Waals surface area contributed by atoms with E-state index in [0.29, 0.717) is 0 Å². The molecule has 0 aliphatic heterocycles. The maximum Gasteiger partial charge on any atom is 0.0714 e. The maximum absolute atomic E-state index is 2.49. The van der Waals surface area contributed by atoms with Crippen molar-refractivity contribution in [3.8, 4) is 44.8 Å². The summed E-state index contributed by atoms with van der Waals surface area (Å²) >= 11 is 0. The molecule has 410 valence electrons. The lowest BCUT2D eigenvalue weighted by Gasteiger charge is -2.35. The SMILES string of the molecule is c1ccc(-c2ccc3c(c2)c2ccccc2n3-c2ccc3c(c2)c2cc(-c4ccc(N(c5ccccc5)c5ccc6c(c5)C(c5ccccc5)(c5ccccc5)c5ccccc5-6)cc4)ccc2n3-c2ccc3c4ccccc4c4ccccc4c3c2)cc1. The third kappa shape index (κ3) is 7.51. The molecule has 2 aromatic heterocycles. The fourth-order valence-electron chi connectivity index (χ4n) is 15.1. The quantitative estimate of drug-likeness (QED) is 0.131. The van der Waals surface area contributed by atoms with Gasteiger partial charge in [-0.3, -0.25) is 0 Å². The van der Waals surface area contributed by atoms with Gasteiger partial charge in [0.25, 0.3) is 0 Å². The fourth-order valence-corrected chi connectivity index (χ4v) is 15.1. The number of aromatic nitrogens is 2. The molecule has 0 atom stereocenters. The summed E-state index contributed by atoms with van der Waals surface area (Å²) < 4.78 is 4.94. The van der Waals surface area contributed by atoms with Gasteiger partial charge in [-0.1, -0.05) is 237 Å². The summed E-state index contributed by atoms with van der Waals surface area (Å²) in [6.45, 7) is 0. The molecule has 3 heteroatoms. The lowest BCUT2D eigenvalue weighted by Crippen LogP contribution is -2.28. The molecular weight excluding hydrogens is 1060 g/mol. The van der Waals surface area contributed by atoms with Crippen LogP contribution >= 0.6 is 0 Å². The van der Waals surface area contributed by atoms with Gasteiger partial charge in [-0.15, -0.1) is 0 Å². The van der Waals surface area contributed by atoms with Crippen molar-refractivity contribution in [2.45, 2.75) is 5.41 Å². The molecule has 0 bridgehead atoms. The van der Waals surface area contributed by atoms with Crippen LogP contribution in [0.2, 0.25) is 0 Å². The van der Waals surface area contributed by atoms with Gasteiger partial charge in [0.2, 0.25) is 0 Å². The molecule has 0 N–H and O–H groups in total. The molecule has 0 fully saturated rings. The first-order chi connectivity index (χ1) is 43.7. The lowest BCUT2D eigenvalue weighted by atomic mass is 9.67. The molecule has 0 saturated carbocycles. The third-order valence-electron chi connectivity index (χ3n) is 18.9. The Morgan fingerprint density at radius 1 is 0.216 bits per heavy atom. The molecule has 88 heavy (non-hydrogen) atoms. The highest BCUT2D eigenvalue weighted by molar-refractivity contribution is 6.26. The Labute approximate surface area is 510 Å². The van der Waals surface area contributed by atoms with Crippen molar-refractivity contribution in [3.63, 3.8) is 0 Å². The van der Waals surface area contributed by atoms with Crippen LogP contribution in [0.25, 0.3) is 121 Å². The Hall–Kier alpha value is -11.5. The van der Waals surface area contributed by atoms with E-state index in [2.05, 4.69) is 348 Å². The average molecular weight is 1120 g/mol. The van der Waals surface area contributed by atoms with Crippen LogP contribution < -0.4 is 4.90 Å². The van der Waals surface area contributed by atoms with Crippen LogP contribution in [0, 0.1) is 0 Å². The van der Waals surface area contributed by atoms with Crippen LogP contribution in [0.4, 0.5) is 17.1 Å². The zero-order valence-electron chi connectivity index (χ0n) is 48.1. The van der Waals surface area contributed by atoms with E-state index in [1.807, 2.05) is 0 Å². The van der Waals surface area contributed by atoms with Crippen LogP contribution in [0.5, 0.6) is 0 Å². The highest BCUT2D eigenvalue weighted by Crippen LogP contribution is 2.57. The van der Waals surface area contributed by atoms with E-state index < -0.39 is 5.41 Å². The Morgan fingerprint density at radius 3 is 1.24 bits per heavy atom. The van der Waals surface area contributed by atoms with Gasteiger partial charge >= 0.3 is 0 Å². The van der Waals surface area contributed by atoms with Crippen LogP contribution in [0.1, 0.15) is 22.3 Å². The number of hydrogen-bond donors (Lipinski definition) is 0. The summed E-state index contributed by atoms with van der Waals surface area (Å²) in [6, 6.07) is 124. The Kier molecular flexibility index (Phi) is 11.2. The average Bonchev–Trinajstić information content (AvgIpc) is 3.84. The standard InChI is InChI=1S/C85H55N3/c1-5-21-56(22-6-1)58-39-48-82-76(51-58)74-34-18-20-36-81(74)87(82)65-45-50-84-78(54-65)77-52-59(40-49-83(77)88(84)64-43-46-71-69-31-14-13-29-67(69)68-30-15-16-32-70(68)75(71)53-64)57-37-41-63(42-38-57)86(62-27-11-4-12-28-62)66-44-47-73-72-33-17-19-35-79(72)85(80(73)55-66,60-23-7-2-8-24-60)61-25-9-3-10-26-61/h1-55H. The first-order valence-corrected chi connectivity index (χ1v) is 30.5. The number of hydrogen-bond acceptors (Lipinski definition) is 1. The molecule has 0 amide bonds. The highest BCUT2D eigenvalue weighted by atomic mass is 15.1. The minimum absolute atomic E-state index is 0.521. The van der Waals surface area contributed by atoms with Gasteiger partial charge in [-0.25, -0.2) is 0 Å². The Morgan fingerprint density at radius 2 is 0.614 bits per heavy atom. The number of benzene rings is 15. The minimum atomic E-state index is -0.521. The summed E-state index contributed by atoms with van der Waals surface area (Å²) in [7, 11) is 0. The number of para-hydroxylation sites is 2. The van der Waals surface area contributed by atoms with Crippen molar-refractivity contribution >= 4 is 93.0 Å². The molecule has 17 aromatic rings. The topological polar surface area (TPSA) is 13.1 Å². The summed E-state index contributed by atoms with van der Waals surface area (Å²) in [6.07, 6.45) is 0. The van der Waals surface area contributed by atoms with E-state index >= 15 is 0 Å². The lowest BCUT2D eigenvalue weighted by molar-refractivity contribution is 0.768. The highest BCUT2D eigenvalue weighted by Gasteiger charge is 2.46. The van der Waals surface area contributed by atoms with Crippen LogP contribution in [-0.4, -0.2) is 9.13 Å². The van der Waals surface area contributed by atoms with Crippen LogP contribution in [0.3, 0.4) is 0 Å². The second-order valence-electron chi connectivity index (χ2n) is 23.5. The molecule has 3 nitrogen and oxygen atoms in total. The van der Waals surface area contributed by atoms with Gasteiger partial charge in [0.05, 0.1) is 27.5 Å². The second-order valence-corrected chi connectivity index (χ2v) is 23.5. The number of anilines is 3. The predicted molar refractivity (Wildman–Crippen MR) is 370 cm³/mol. The van der Waals surface area contributed by atoms with E-state index in [0.717, 1.165) is 50.6 Å². The van der Waals surface area contributed by atoms with Crippen molar-refractivity contribution in [2.75, 3.05) is 4.90 Å². The number of rotatable bonds is 9. The monoisotopic (exact) mass is 1120 g/mol. The summed E-state index contributed by atoms with van der Waals surface area (Å²) in [5.74, 6) is 0. The molecule has 15 aromatic carbocycles. The zero-order valence-corrected chi connectivity index (χ0v) is 48.1. The van der Waals surface area contributed by atoms with Crippen LogP contribution in [-0.2, 0) is 5.41 Å².